The molecule has 78 valence electrons. The van der Waals surface area contributed by atoms with Gasteiger partial charge in [0.1, 0.15) is 17.1 Å². The fraction of sp³-hybridized carbons (Fsp3) is 0.111. The molecular weight excluding hydrogens is 208 g/mol. The maximum atomic E-state index is 13.3. The van der Waals surface area contributed by atoms with Crippen LogP contribution < -0.4 is 0 Å². The van der Waals surface area contributed by atoms with Gasteiger partial charge in [0.05, 0.1) is 7.11 Å². The lowest BCUT2D eigenvalue weighted by atomic mass is 10.1. The molecule has 0 unspecified atom stereocenters. The standard InChI is InChI=1S/C9H5F2NO3/c1-15-9(14)7-5(10)2-3-6(8(7)11)12-4-13/h2-3H,1H3. The number of carbonyl (C=O) groups is 1. The molecule has 6 heteroatoms. The van der Waals surface area contributed by atoms with Crippen molar-refractivity contribution in [3.05, 3.63) is 29.3 Å². The molecule has 0 saturated heterocycles. The van der Waals surface area contributed by atoms with Gasteiger partial charge in [-0.3, -0.25) is 0 Å². The van der Waals surface area contributed by atoms with E-state index in [1.54, 1.807) is 0 Å². The normalized spacial score (nSPS) is 9.27. The third kappa shape index (κ3) is 2.05. The smallest absolute Gasteiger partial charge is 0.343 e. The molecule has 1 aromatic rings. The Hall–Kier alpha value is -2.07. The predicted molar refractivity (Wildman–Crippen MR) is 45.5 cm³/mol. The molecule has 0 saturated carbocycles. The van der Waals surface area contributed by atoms with Crippen LogP contribution in [-0.4, -0.2) is 19.2 Å². The Balaban J connectivity index is 3.42. The van der Waals surface area contributed by atoms with Gasteiger partial charge < -0.3 is 4.74 Å². The second kappa shape index (κ2) is 4.43. The molecule has 0 radical (unpaired) electrons. The zero-order valence-corrected chi connectivity index (χ0v) is 7.58. The highest BCUT2D eigenvalue weighted by molar-refractivity contribution is 5.91. The predicted octanol–water partition coefficient (Wildman–Crippen LogP) is 1.72. The van der Waals surface area contributed by atoms with Crippen LogP contribution in [0.5, 0.6) is 0 Å². The third-order valence-corrected chi connectivity index (χ3v) is 1.63. The number of isocyanates is 1. The van der Waals surface area contributed by atoms with E-state index in [1.165, 1.54) is 0 Å². The summed E-state index contributed by atoms with van der Waals surface area (Å²) in [5, 5.41) is 0. The van der Waals surface area contributed by atoms with Crippen molar-refractivity contribution in [1.82, 2.24) is 0 Å². The molecule has 0 aromatic heterocycles. The fourth-order valence-electron chi connectivity index (χ4n) is 0.966. The average molecular weight is 213 g/mol. The first-order chi connectivity index (χ1) is 7.11. The molecule has 0 aliphatic carbocycles. The van der Waals surface area contributed by atoms with E-state index in [0.717, 1.165) is 25.3 Å². The number of hydrogen-bond donors (Lipinski definition) is 0. The van der Waals surface area contributed by atoms with E-state index in [0.29, 0.717) is 0 Å². The van der Waals surface area contributed by atoms with Crippen LogP contribution in [0.25, 0.3) is 0 Å². The summed E-state index contributed by atoms with van der Waals surface area (Å²) < 4.78 is 30.5. The van der Waals surface area contributed by atoms with Crippen molar-refractivity contribution < 1.29 is 23.1 Å². The summed E-state index contributed by atoms with van der Waals surface area (Å²) in [5.41, 5.74) is -1.35. The number of halogens is 2. The van der Waals surface area contributed by atoms with Gasteiger partial charge in [-0.1, -0.05) is 0 Å². The van der Waals surface area contributed by atoms with Crippen LogP contribution in [0.15, 0.2) is 17.1 Å². The summed E-state index contributed by atoms with van der Waals surface area (Å²) >= 11 is 0. The Bertz CT molecular complexity index is 453. The van der Waals surface area contributed by atoms with Crippen molar-refractivity contribution >= 4 is 17.7 Å². The fourth-order valence-corrected chi connectivity index (χ4v) is 0.966. The van der Waals surface area contributed by atoms with Crippen molar-refractivity contribution in [3.63, 3.8) is 0 Å². The summed E-state index contributed by atoms with van der Waals surface area (Å²) in [4.78, 5) is 23.8. The van der Waals surface area contributed by atoms with Crippen LogP contribution in [0.3, 0.4) is 0 Å². The van der Waals surface area contributed by atoms with Crippen LogP contribution in [-0.2, 0) is 9.53 Å². The third-order valence-electron chi connectivity index (χ3n) is 1.63. The van der Waals surface area contributed by atoms with Gasteiger partial charge in [-0.25, -0.2) is 18.4 Å². The maximum Gasteiger partial charge on any atom is 0.343 e. The van der Waals surface area contributed by atoms with E-state index < -0.39 is 28.9 Å². The van der Waals surface area contributed by atoms with Crippen molar-refractivity contribution in [2.75, 3.05) is 7.11 Å². The summed E-state index contributed by atoms with van der Waals surface area (Å²) in [7, 11) is 0.983. The average Bonchev–Trinajstić information content (AvgIpc) is 2.22. The van der Waals surface area contributed by atoms with Gasteiger partial charge in [0.15, 0.2) is 5.82 Å². The lowest BCUT2D eigenvalue weighted by Crippen LogP contribution is -2.07. The number of methoxy groups -OCH3 is 1. The summed E-state index contributed by atoms with van der Waals surface area (Å²) in [6.45, 7) is 0. The van der Waals surface area contributed by atoms with Gasteiger partial charge in [-0.15, -0.1) is 0 Å². The van der Waals surface area contributed by atoms with Gasteiger partial charge >= 0.3 is 5.97 Å². The van der Waals surface area contributed by atoms with Gasteiger partial charge in [0.2, 0.25) is 6.08 Å². The van der Waals surface area contributed by atoms with Crippen LogP contribution in [0.1, 0.15) is 10.4 Å². The van der Waals surface area contributed by atoms with E-state index in [-0.39, 0.29) is 0 Å². The van der Waals surface area contributed by atoms with E-state index in [1.807, 2.05) is 0 Å². The van der Waals surface area contributed by atoms with Crippen molar-refractivity contribution in [2.24, 2.45) is 4.99 Å². The van der Waals surface area contributed by atoms with E-state index in [2.05, 4.69) is 9.73 Å². The molecule has 4 nitrogen and oxygen atoms in total. The second-order valence-corrected chi connectivity index (χ2v) is 2.45. The molecule has 0 amide bonds. The van der Waals surface area contributed by atoms with Gasteiger partial charge in [-0.05, 0) is 12.1 Å². The lowest BCUT2D eigenvalue weighted by Gasteiger charge is -2.03. The molecule has 0 bridgehead atoms. The monoisotopic (exact) mass is 213 g/mol. The van der Waals surface area contributed by atoms with Crippen LogP contribution >= 0.6 is 0 Å². The molecule has 1 aromatic carbocycles. The maximum absolute atomic E-state index is 13.3. The quantitative estimate of drug-likeness (QED) is 0.427. The molecule has 15 heavy (non-hydrogen) atoms. The van der Waals surface area contributed by atoms with Crippen molar-refractivity contribution in [1.29, 1.82) is 0 Å². The molecule has 0 fully saturated rings. The van der Waals surface area contributed by atoms with Gasteiger partial charge in [-0.2, -0.15) is 4.99 Å². The van der Waals surface area contributed by atoms with Gasteiger partial charge in [0, 0.05) is 0 Å². The minimum Gasteiger partial charge on any atom is -0.465 e. The minimum atomic E-state index is -1.25. The molecule has 0 aliphatic heterocycles. The second-order valence-electron chi connectivity index (χ2n) is 2.45. The van der Waals surface area contributed by atoms with E-state index >= 15 is 0 Å². The number of esters is 1. The molecule has 1 rings (SSSR count). The van der Waals surface area contributed by atoms with Crippen LogP contribution in [0, 0.1) is 11.6 Å². The van der Waals surface area contributed by atoms with E-state index in [9.17, 15) is 18.4 Å². The summed E-state index contributed by atoms with van der Waals surface area (Å²) in [6.07, 6.45) is 1.09. The first-order valence-corrected chi connectivity index (χ1v) is 3.76. The molecule has 0 spiro atoms. The highest BCUT2D eigenvalue weighted by Gasteiger charge is 2.20. The topological polar surface area (TPSA) is 55.7 Å². The zero-order chi connectivity index (χ0) is 11.4. The molecule has 0 N–H and O–H groups in total. The zero-order valence-electron chi connectivity index (χ0n) is 7.58. The Kier molecular flexibility index (Phi) is 3.25. The molecule has 0 atom stereocenters. The van der Waals surface area contributed by atoms with Gasteiger partial charge in [0.25, 0.3) is 0 Å². The minimum absolute atomic E-state index is 0.466. The van der Waals surface area contributed by atoms with E-state index in [4.69, 9.17) is 0 Å². The highest BCUT2D eigenvalue weighted by Crippen LogP contribution is 2.23. The lowest BCUT2D eigenvalue weighted by molar-refractivity contribution is 0.0590. The summed E-state index contributed by atoms with van der Waals surface area (Å²) in [6, 6.07) is 1.73. The molecular formula is C9H5F2NO3. The number of benzene rings is 1. The Labute approximate surface area is 83.2 Å². The van der Waals surface area contributed by atoms with Crippen LogP contribution in [0.4, 0.5) is 14.5 Å². The van der Waals surface area contributed by atoms with Crippen molar-refractivity contribution in [3.8, 4) is 0 Å². The number of carbonyl (C=O) groups excluding carboxylic acids is 2. The Morgan fingerprint density at radius 2 is 2.13 bits per heavy atom. The Morgan fingerprint density at radius 3 is 2.67 bits per heavy atom. The first-order valence-electron chi connectivity index (χ1n) is 3.76. The number of rotatable bonds is 2. The molecule has 0 heterocycles. The highest BCUT2D eigenvalue weighted by atomic mass is 19.1. The Morgan fingerprint density at radius 1 is 1.47 bits per heavy atom. The molecule has 0 aliphatic rings. The number of hydrogen-bond acceptors (Lipinski definition) is 4. The largest absolute Gasteiger partial charge is 0.465 e. The first kappa shape index (κ1) is 11.0. The van der Waals surface area contributed by atoms with Crippen molar-refractivity contribution in [2.45, 2.75) is 0 Å². The number of aliphatic imine (C=N–C) groups is 1. The van der Waals surface area contributed by atoms with Crippen LogP contribution in [0.2, 0.25) is 0 Å². The summed E-state index contributed by atoms with van der Waals surface area (Å²) in [5.74, 6) is -3.50. The number of nitrogens with zero attached hydrogens (tertiary/aromatic N) is 1. The SMILES string of the molecule is COC(=O)c1c(F)ccc(N=C=O)c1F. The number of ether oxygens (including phenoxy) is 1.